The summed E-state index contributed by atoms with van der Waals surface area (Å²) >= 11 is 6.05. The number of nitrogens with zero attached hydrogens (tertiary/aromatic N) is 3. The lowest BCUT2D eigenvalue weighted by atomic mass is 9.78. The highest BCUT2D eigenvalue weighted by atomic mass is 35.5. The van der Waals surface area contributed by atoms with Crippen molar-refractivity contribution in [2.24, 2.45) is 0 Å². The van der Waals surface area contributed by atoms with Gasteiger partial charge in [0, 0.05) is 5.54 Å². The average molecular weight is 351 g/mol. The summed E-state index contributed by atoms with van der Waals surface area (Å²) in [4.78, 5) is 21.3. The van der Waals surface area contributed by atoms with E-state index in [0.717, 1.165) is 19.3 Å². The third-order valence-electron chi connectivity index (χ3n) is 5.00. The van der Waals surface area contributed by atoms with Crippen molar-refractivity contribution in [1.29, 1.82) is 0 Å². The topological polar surface area (TPSA) is 80.0 Å². The number of pyridine rings is 1. The Morgan fingerprint density at radius 3 is 2.75 bits per heavy atom. The number of carbonyl (C=O) groups is 1. The van der Waals surface area contributed by atoms with Gasteiger partial charge in [0.2, 0.25) is 11.9 Å². The minimum absolute atomic E-state index is 0.0254. The second-order valence-electron chi connectivity index (χ2n) is 7.17. The fraction of sp³-hybridized carbons (Fsp3) is 0.588. The number of imidazole rings is 1. The molecular formula is C17H23ClN4O2. The number of halogens is 1. The van der Waals surface area contributed by atoms with Crippen LogP contribution in [0.5, 0.6) is 0 Å². The number of carbonyl (C=O) groups excluding carboxylic acids is 1. The first-order valence-electron chi connectivity index (χ1n) is 8.32. The van der Waals surface area contributed by atoms with Gasteiger partial charge in [0.25, 0.3) is 0 Å². The van der Waals surface area contributed by atoms with Crippen LogP contribution in [-0.2, 0) is 10.3 Å². The molecule has 1 unspecified atom stereocenters. The highest BCUT2D eigenvalue weighted by Crippen LogP contribution is 2.42. The molecule has 1 amide bonds. The summed E-state index contributed by atoms with van der Waals surface area (Å²) in [6, 6.07) is 3.50. The van der Waals surface area contributed by atoms with Crippen LogP contribution in [0.2, 0.25) is 5.15 Å². The van der Waals surface area contributed by atoms with E-state index >= 15 is 0 Å². The van der Waals surface area contributed by atoms with Crippen molar-refractivity contribution in [3.05, 3.63) is 17.3 Å². The quantitative estimate of drug-likeness (QED) is 0.809. The molecule has 2 heterocycles. The van der Waals surface area contributed by atoms with Crippen molar-refractivity contribution in [3.8, 4) is 0 Å². The number of hydrogen-bond donors (Lipinski definition) is 2. The smallest absolute Gasteiger partial charge is 0.229 e. The van der Waals surface area contributed by atoms with Crippen LogP contribution in [0.1, 0.15) is 52.9 Å². The number of fused-ring (bicyclic) bond motifs is 1. The van der Waals surface area contributed by atoms with Crippen LogP contribution < -0.4 is 5.32 Å². The maximum absolute atomic E-state index is 12.3. The van der Waals surface area contributed by atoms with Gasteiger partial charge in [0.1, 0.15) is 10.7 Å². The van der Waals surface area contributed by atoms with Crippen LogP contribution >= 0.6 is 11.6 Å². The molecule has 0 saturated heterocycles. The van der Waals surface area contributed by atoms with Crippen LogP contribution in [0.15, 0.2) is 12.1 Å². The van der Waals surface area contributed by atoms with Crippen LogP contribution in [0.4, 0.5) is 5.95 Å². The third kappa shape index (κ3) is 3.13. The zero-order valence-electron chi connectivity index (χ0n) is 14.3. The summed E-state index contributed by atoms with van der Waals surface area (Å²) < 4.78 is 1.98. The standard InChI is InChI=1S/C17H23ClN4O2/c1-4-17(3,24)10-13(23)21-15-19-11-6-7-12(18)20-14(11)22(15)16(2)8-5-9-16/h6-7,24H,4-5,8-10H2,1-3H3,(H,19,21,23). The van der Waals surface area contributed by atoms with Crippen molar-refractivity contribution in [2.75, 3.05) is 5.32 Å². The van der Waals surface area contributed by atoms with Crippen LogP contribution in [-0.4, -0.2) is 31.1 Å². The van der Waals surface area contributed by atoms with Gasteiger partial charge in [-0.05, 0) is 51.7 Å². The van der Waals surface area contributed by atoms with Crippen molar-refractivity contribution >= 4 is 34.6 Å². The molecule has 1 saturated carbocycles. The monoisotopic (exact) mass is 350 g/mol. The Morgan fingerprint density at radius 2 is 2.17 bits per heavy atom. The van der Waals surface area contributed by atoms with E-state index in [1.165, 1.54) is 0 Å². The predicted octanol–water partition coefficient (Wildman–Crippen LogP) is 3.47. The predicted molar refractivity (Wildman–Crippen MR) is 94.2 cm³/mol. The second-order valence-corrected chi connectivity index (χ2v) is 7.56. The summed E-state index contributed by atoms with van der Waals surface area (Å²) in [7, 11) is 0. The van der Waals surface area contributed by atoms with Crippen molar-refractivity contribution < 1.29 is 9.90 Å². The Labute approximate surface area is 146 Å². The Bertz CT molecular complexity index is 780. The lowest BCUT2D eigenvalue weighted by Gasteiger charge is -2.40. The van der Waals surface area contributed by atoms with Gasteiger partial charge in [-0.15, -0.1) is 0 Å². The van der Waals surface area contributed by atoms with Crippen LogP contribution in [0.3, 0.4) is 0 Å². The molecular weight excluding hydrogens is 328 g/mol. The normalized spacial score (nSPS) is 18.9. The zero-order chi connectivity index (χ0) is 17.5. The Kier molecular flexibility index (Phi) is 4.30. The van der Waals surface area contributed by atoms with Gasteiger partial charge in [-0.1, -0.05) is 18.5 Å². The summed E-state index contributed by atoms with van der Waals surface area (Å²) in [5.74, 6) is 0.214. The van der Waals surface area contributed by atoms with Crippen molar-refractivity contribution in [3.63, 3.8) is 0 Å². The number of rotatable bonds is 5. The molecule has 2 aromatic heterocycles. The van der Waals surface area contributed by atoms with Gasteiger partial charge in [-0.25, -0.2) is 9.97 Å². The molecule has 1 atom stereocenters. The first-order valence-corrected chi connectivity index (χ1v) is 8.70. The molecule has 130 valence electrons. The SMILES string of the molecule is CCC(C)(O)CC(=O)Nc1nc2ccc(Cl)nc2n1C1(C)CCC1. The largest absolute Gasteiger partial charge is 0.390 e. The molecule has 0 aromatic carbocycles. The molecule has 1 aliphatic carbocycles. The molecule has 0 radical (unpaired) electrons. The fourth-order valence-corrected chi connectivity index (χ4v) is 3.22. The summed E-state index contributed by atoms with van der Waals surface area (Å²) in [5.41, 5.74) is 0.234. The van der Waals surface area contributed by atoms with Gasteiger partial charge in [-0.2, -0.15) is 0 Å². The molecule has 2 N–H and O–H groups in total. The lowest BCUT2D eigenvalue weighted by molar-refractivity contribution is -0.120. The van der Waals surface area contributed by atoms with E-state index in [2.05, 4.69) is 22.2 Å². The van der Waals surface area contributed by atoms with Crippen molar-refractivity contribution in [1.82, 2.24) is 14.5 Å². The van der Waals surface area contributed by atoms with E-state index in [1.807, 2.05) is 11.5 Å². The number of amides is 1. The van der Waals surface area contributed by atoms with Crippen molar-refractivity contribution in [2.45, 2.75) is 64.0 Å². The molecule has 1 fully saturated rings. The molecule has 1 aliphatic rings. The molecule has 2 aromatic rings. The number of nitrogens with one attached hydrogen (secondary N) is 1. The lowest BCUT2D eigenvalue weighted by Crippen LogP contribution is -2.39. The molecule has 0 aliphatic heterocycles. The molecule has 3 rings (SSSR count). The van der Waals surface area contributed by atoms with Gasteiger partial charge < -0.3 is 5.11 Å². The minimum atomic E-state index is -1.02. The maximum Gasteiger partial charge on any atom is 0.229 e. The van der Waals surface area contributed by atoms with Gasteiger partial charge in [-0.3, -0.25) is 14.7 Å². The molecule has 0 spiro atoms. The maximum atomic E-state index is 12.3. The first kappa shape index (κ1) is 17.2. The van der Waals surface area contributed by atoms with E-state index in [9.17, 15) is 9.90 Å². The summed E-state index contributed by atoms with van der Waals surface area (Å²) in [5, 5.41) is 13.4. The highest BCUT2D eigenvalue weighted by Gasteiger charge is 2.38. The van der Waals surface area contributed by atoms with E-state index in [4.69, 9.17) is 11.6 Å². The molecule has 7 heteroatoms. The van der Waals surface area contributed by atoms with E-state index in [0.29, 0.717) is 28.7 Å². The first-order chi connectivity index (χ1) is 11.2. The fourth-order valence-electron chi connectivity index (χ4n) is 3.08. The minimum Gasteiger partial charge on any atom is -0.390 e. The Hall–Kier alpha value is -1.66. The zero-order valence-corrected chi connectivity index (χ0v) is 15.0. The molecule has 24 heavy (non-hydrogen) atoms. The summed E-state index contributed by atoms with van der Waals surface area (Å²) in [6.07, 6.45) is 3.67. The van der Waals surface area contributed by atoms with Gasteiger partial charge >= 0.3 is 0 Å². The van der Waals surface area contributed by atoms with Gasteiger partial charge in [0.15, 0.2) is 5.65 Å². The number of aliphatic hydroxyl groups is 1. The van der Waals surface area contributed by atoms with Gasteiger partial charge in [0.05, 0.1) is 12.0 Å². The Balaban J connectivity index is 1.98. The number of aromatic nitrogens is 3. The second kappa shape index (κ2) is 6.01. The molecule has 6 nitrogen and oxygen atoms in total. The van der Waals surface area contributed by atoms with Crippen LogP contribution in [0, 0.1) is 0 Å². The summed E-state index contributed by atoms with van der Waals surface area (Å²) in [6.45, 7) is 5.64. The number of anilines is 1. The van der Waals surface area contributed by atoms with Crippen LogP contribution in [0.25, 0.3) is 11.2 Å². The van der Waals surface area contributed by atoms with E-state index in [1.54, 1.807) is 19.1 Å². The van der Waals surface area contributed by atoms with E-state index < -0.39 is 5.60 Å². The van der Waals surface area contributed by atoms with E-state index in [-0.39, 0.29) is 17.9 Å². The third-order valence-corrected chi connectivity index (χ3v) is 5.21. The number of hydrogen-bond acceptors (Lipinski definition) is 4. The Morgan fingerprint density at radius 1 is 1.46 bits per heavy atom. The molecule has 0 bridgehead atoms. The average Bonchev–Trinajstić information content (AvgIpc) is 2.81. The highest BCUT2D eigenvalue weighted by molar-refractivity contribution is 6.29.